The van der Waals surface area contributed by atoms with Crippen LogP contribution in [0.25, 0.3) is 6.08 Å². The summed E-state index contributed by atoms with van der Waals surface area (Å²) in [7, 11) is 0. The molecule has 0 N–H and O–H groups in total. The zero-order chi connectivity index (χ0) is 13.5. The fourth-order valence-electron chi connectivity index (χ4n) is 1.31. The molecule has 0 aliphatic heterocycles. The molecule has 1 aromatic carbocycles. The van der Waals surface area contributed by atoms with Gasteiger partial charge in [0.1, 0.15) is 0 Å². The number of hydrogen-bond donors (Lipinski definition) is 0. The van der Waals surface area contributed by atoms with Crippen LogP contribution < -0.4 is 0 Å². The maximum absolute atomic E-state index is 10.8. The van der Waals surface area contributed by atoms with Gasteiger partial charge in [0.05, 0.1) is 10.5 Å². The minimum atomic E-state index is -0.444. The number of hydrogen-bond acceptors (Lipinski definition) is 4. The number of carbonyl (C=O) groups is 1. The van der Waals surface area contributed by atoms with Crippen molar-refractivity contribution >= 4 is 40.2 Å². The SMILES string of the molecule is CC(=O)SCCC=Cc1cc(Cl)ccc1[N+](=O)[O-]. The monoisotopic (exact) mass is 285 g/mol. The van der Waals surface area contributed by atoms with E-state index in [1.54, 1.807) is 18.2 Å². The van der Waals surface area contributed by atoms with E-state index in [1.165, 1.54) is 30.8 Å². The van der Waals surface area contributed by atoms with E-state index in [1.807, 2.05) is 0 Å². The molecule has 0 saturated heterocycles. The van der Waals surface area contributed by atoms with Crippen molar-refractivity contribution in [1.82, 2.24) is 0 Å². The number of benzene rings is 1. The van der Waals surface area contributed by atoms with Crippen molar-refractivity contribution < 1.29 is 9.72 Å². The van der Waals surface area contributed by atoms with Crippen molar-refractivity contribution in [3.8, 4) is 0 Å². The van der Waals surface area contributed by atoms with E-state index >= 15 is 0 Å². The highest BCUT2D eigenvalue weighted by Gasteiger charge is 2.10. The Morgan fingerprint density at radius 3 is 2.89 bits per heavy atom. The second-order valence-corrected chi connectivity index (χ2v) is 5.20. The van der Waals surface area contributed by atoms with E-state index in [0.29, 0.717) is 22.8 Å². The quantitative estimate of drug-likeness (QED) is 0.467. The Balaban J connectivity index is 2.70. The van der Waals surface area contributed by atoms with E-state index in [9.17, 15) is 14.9 Å². The standard InChI is InChI=1S/C12H12ClNO3S/c1-9(15)18-7-3-2-4-10-8-11(13)5-6-12(10)14(16)17/h2,4-6,8H,3,7H2,1H3. The van der Waals surface area contributed by atoms with Crippen LogP contribution in [0.2, 0.25) is 5.02 Å². The van der Waals surface area contributed by atoms with Gasteiger partial charge in [-0.25, -0.2) is 0 Å². The first-order chi connectivity index (χ1) is 8.50. The molecule has 0 unspecified atom stereocenters. The minimum Gasteiger partial charge on any atom is -0.288 e. The van der Waals surface area contributed by atoms with Crippen molar-refractivity contribution in [2.24, 2.45) is 0 Å². The number of rotatable bonds is 5. The number of halogens is 1. The zero-order valence-corrected chi connectivity index (χ0v) is 11.3. The van der Waals surface area contributed by atoms with Gasteiger partial charge in [-0.1, -0.05) is 35.5 Å². The molecule has 0 bridgehead atoms. The largest absolute Gasteiger partial charge is 0.288 e. The Kier molecular flexibility index (Phi) is 5.88. The first kappa shape index (κ1) is 14.7. The van der Waals surface area contributed by atoms with Gasteiger partial charge in [0.15, 0.2) is 5.12 Å². The van der Waals surface area contributed by atoms with Crippen molar-refractivity contribution in [2.75, 3.05) is 5.75 Å². The topological polar surface area (TPSA) is 60.2 Å². The summed E-state index contributed by atoms with van der Waals surface area (Å²) in [6, 6.07) is 4.42. The maximum atomic E-state index is 10.8. The van der Waals surface area contributed by atoms with E-state index in [2.05, 4.69) is 0 Å². The highest BCUT2D eigenvalue weighted by Crippen LogP contribution is 2.24. The maximum Gasteiger partial charge on any atom is 0.276 e. The third-order valence-electron chi connectivity index (χ3n) is 2.07. The number of allylic oxidation sites excluding steroid dienone is 1. The van der Waals surface area contributed by atoms with E-state index in [4.69, 9.17) is 11.6 Å². The smallest absolute Gasteiger partial charge is 0.276 e. The molecule has 1 rings (SSSR count). The molecule has 96 valence electrons. The average Bonchev–Trinajstić information content (AvgIpc) is 2.27. The zero-order valence-electron chi connectivity index (χ0n) is 9.76. The molecule has 0 aliphatic carbocycles. The molecule has 0 fully saturated rings. The van der Waals surface area contributed by atoms with E-state index < -0.39 is 4.92 Å². The van der Waals surface area contributed by atoms with Gasteiger partial charge in [-0.2, -0.15) is 0 Å². The van der Waals surface area contributed by atoms with Crippen molar-refractivity contribution in [3.05, 3.63) is 45.0 Å². The minimum absolute atomic E-state index is 0.0230. The van der Waals surface area contributed by atoms with Gasteiger partial charge in [-0.3, -0.25) is 14.9 Å². The molecule has 0 amide bonds. The number of thioether (sulfide) groups is 1. The molecule has 18 heavy (non-hydrogen) atoms. The first-order valence-corrected chi connectivity index (χ1v) is 6.61. The number of carbonyl (C=O) groups excluding carboxylic acids is 1. The highest BCUT2D eigenvalue weighted by atomic mass is 35.5. The summed E-state index contributed by atoms with van der Waals surface area (Å²) < 4.78 is 0. The van der Waals surface area contributed by atoms with Gasteiger partial charge in [0, 0.05) is 23.8 Å². The van der Waals surface area contributed by atoms with Gasteiger partial charge in [-0.05, 0) is 18.6 Å². The van der Waals surface area contributed by atoms with Crippen LogP contribution in [0, 0.1) is 10.1 Å². The first-order valence-electron chi connectivity index (χ1n) is 5.24. The lowest BCUT2D eigenvalue weighted by molar-refractivity contribution is -0.385. The molecule has 0 aliphatic rings. The molecular weight excluding hydrogens is 274 g/mol. The lowest BCUT2D eigenvalue weighted by Gasteiger charge is -1.98. The number of nitrogens with zero attached hydrogens (tertiary/aromatic N) is 1. The second kappa shape index (κ2) is 7.18. The summed E-state index contributed by atoms with van der Waals surface area (Å²) in [6.07, 6.45) is 4.13. The summed E-state index contributed by atoms with van der Waals surface area (Å²) >= 11 is 7.03. The summed E-state index contributed by atoms with van der Waals surface area (Å²) in [5, 5.41) is 11.3. The predicted octanol–water partition coefficient (Wildman–Crippen LogP) is 3.93. The van der Waals surface area contributed by atoms with Gasteiger partial charge in [0.25, 0.3) is 5.69 Å². The average molecular weight is 286 g/mol. The molecular formula is C12H12ClNO3S. The summed E-state index contributed by atoms with van der Waals surface area (Å²) in [5.74, 6) is 0.667. The third-order valence-corrected chi connectivity index (χ3v) is 3.15. The van der Waals surface area contributed by atoms with Crippen LogP contribution in [0.4, 0.5) is 5.69 Å². The van der Waals surface area contributed by atoms with Crippen LogP contribution in [0.15, 0.2) is 24.3 Å². The Morgan fingerprint density at radius 2 is 2.28 bits per heavy atom. The molecule has 0 spiro atoms. The Labute approximate surface area is 114 Å². The van der Waals surface area contributed by atoms with Crippen LogP contribution in [-0.4, -0.2) is 15.8 Å². The van der Waals surface area contributed by atoms with Crippen LogP contribution in [0.1, 0.15) is 18.9 Å². The fraction of sp³-hybridized carbons (Fsp3) is 0.250. The van der Waals surface area contributed by atoms with Crippen molar-refractivity contribution in [1.29, 1.82) is 0 Å². The van der Waals surface area contributed by atoms with Gasteiger partial charge in [0.2, 0.25) is 0 Å². The van der Waals surface area contributed by atoms with Crippen LogP contribution in [0.3, 0.4) is 0 Å². The van der Waals surface area contributed by atoms with Gasteiger partial charge < -0.3 is 0 Å². The summed E-state index contributed by atoms with van der Waals surface area (Å²) in [4.78, 5) is 21.0. The molecule has 0 radical (unpaired) electrons. The molecule has 1 aromatic rings. The summed E-state index contributed by atoms with van der Waals surface area (Å²) in [6.45, 7) is 1.51. The second-order valence-electron chi connectivity index (χ2n) is 3.49. The lowest BCUT2D eigenvalue weighted by atomic mass is 10.1. The van der Waals surface area contributed by atoms with E-state index in [-0.39, 0.29) is 10.8 Å². The highest BCUT2D eigenvalue weighted by molar-refractivity contribution is 8.13. The molecule has 0 aromatic heterocycles. The lowest BCUT2D eigenvalue weighted by Crippen LogP contribution is -1.91. The van der Waals surface area contributed by atoms with Crippen LogP contribution in [0.5, 0.6) is 0 Å². The van der Waals surface area contributed by atoms with Gasteiger partial charge >= 0.3 is 0 Å². The summed E-state index contributed by atoms with van der Waals surface area (Å²) in [5.41, 5.74) is 0.496. The fourth-order valence-corrected chi connectivity index (χ4v) is 2.03. The number of nitro groups is 1. The van der Waals surface area contributed by atoms with Crippen LogP contribution in [-0.2, 0) is 4.79 Å². The molecule has 4 nitrogen and oxygen atoms in total. The predicted molar refractivity (Wildman–Crippen MR) is 74.9 cm³/mol. The number of nitro benzene ring substituents is 1. The van der Waals surface area contributed by atoms with Crippen molar-refractivity contribution in [3.63, 3.8) is 0 Å². The Hall–Kier alpha value is -1.33. The molecule has 0 atom stereocenters. The van der Waals surface area contributed by atoms with Crippen molar-refractivity contribution in [2.45, 2.75) is 13.3 Å². The third kappa shape index (κ3) is 4.89. The van der Waals surface area contributed by atoms with Crippen LogP contribution >= 0.6 is 23.4 Å². The molecule has 6 heteroatoms. The van der Waals surface area contributed by atoms with Gasteiger partial charge in [-0.15, -0.1) is 0 Å². The molecule has 0 heterocycles. The Morgan fingerprint density at radius 1 is 1.56 bits per heavy atom. The molecule has 0 saturated carbocycles. The normalized spacial score (nSPS) is 10.8. The Bertz CT molecular complexity index is 488. The van der Waals surface area contributed by atoms with E-state index in [0.717, 1.165) is 0 Å².